The summed E-state index contributed by atoms with van der Waals surface area (Å²) in [4.78, 5) is 2.47. The van der Waals surface area contributed by atoms with Gasteiger partial charge in [-0.05, 0) is 31.4 Å². The van der Waals surface area contributed by atoms with Gasteiger partial charge < -0.3 is 15.4 Å². The molecule has 15 heavy (non-hydrogen) atoms. The SMILES string of the molecule is Nc1ccc2c(c1)OCC1CCCCN21. The molecule has 1 aromatic rings. The van der Waals surface area contributed by atoms with E-state index in [-0.39, 0.29) is 0 Å². The molecule has 2 heterocycles. The fraction of sp³-hybridized carbons (Fsp3) is 0.500. The third-order valence-corrected chi connectivity index (χ3v) is 3.35. The molecule has 0 saturated carbocycles. The minimum absolute atomic E-state index is 0.579. The highest BCUT2D eigenvalue weighted by atomic mass is 16.5. The summed E-state index contributed by atoms with van der Waals surface area (Å²) in [6, 6.07) is 6.55. The van der Waals surface area contributed by atoms with Gasteiger partial charge in [0.1, 0.15) is 12.4 Å². The highest BCUT2D eigenvalue weighted by Crippen LogP contribution is 2.38. The van der Waals surface area contributed by atoms with Gasteiger partial charge >= 0.3 is 0 Å². The topological polar surface area (TPSA) is 38.5 Å². The molecule has 2 N–H and O–H groups in total. The van der Waals surface area contributed by atoms with Crippen LogP contribution in [0.3, 0.4) is 0 Å². The number of hydrogen-bond acceptors (Lipinski definition) is 3. The van der Waals surface area contributed by atoms with E-state index in [4.69, 9.17) is 10.5 Å². The van der Waals surface area contributed by atoms with Gasteiger partial charge in [-0.1, -0.05) is 0 Å². The molecule has 2 aliphatic rings. The normalized spacial score (nSPS) is 24.0. The summed E-state index contributed by atoms with van der Waals surface area (Å²) in [7, 11) is 0. The zero-order valence-corrected chi connectivity index (χ0v) is 8.78. The van der Waals surface area contributed by atoms with E-state index in [1.807, 2.05) is 12.1 Å². The monoisotopic (exact) mass is 204 g/mol. The Balaban J connectivity index is 1.99. The molecule has 3 heteroatoms. The van der Waals surface area contributed by atoms with Crippen LogP contribution in [0.1, 0.15) is 19.3 Å². The van der Waals surface area contributed by atoms with Crippen LogP contribution in [0, 0.1) is 0 Å². The lowest BCUT2D eigenvalue weighted by Crippen LogP contribution is -2.46. The molecular formula is C12H16N2O. The standard InChI is InChI=1S/C12H16N2O/c13-9-4-5-11-12(7-9)15-8-10-3-1-2-6-14(10)11/h4-5,7,10H,1-3,6,8,13H2. The lowest BCUT2D eigenvalue weighted by atomic mass is 10.00. The van der Waals surface area contributed by atoms with Gasteiger partial charge in [-0.2, -0.15) is 0 Å². The largest absolute Gasteiger partial charge is 0.489 e. The van der Waals surface area contributed by atoms with E-state index in [2.05, 4.69) is 11.0 Å². The molecule has 0 aromatic heterocycles. The van der Waals surface area contributed by atoms with Gasteiger partial charge in [0, 0.05) is 18.3 Å². The van der Waals surface area contributed by atoms with Crippen molar-refractivity contribution in [2.24, 2.45) is 0 Å². The average Bonchev–Trinajstić information content (AvgIpc) is 2.28. The molecule has 1 aromatic carbocycles. The third-order valence-electron chi connectivity index (χ3n) is 3.35. The second-order valence-corrected chi connectivity index (χ2v) is 4.38. The Morgan fingerprint density at radius 1 is 1.33 bits per heavy atom. The van der Waals surface area contributed by atoms with E-state index in [0.717, 1.165) is 24.6 Å². The Bertz CT molecular complexity index is 378. The summed E-state index contributed by atoms with van der Waals surface area (Å²) in [5.41, 5.74) is 7.76. The number of nitrogen functional groups attached to an aromatic ring is 1. The molecule has 2 aliphatic heterocycles. The number of piperidine rings is 1. The van der Waals surface area contributed by atoms with Crippen molar-refractivity contribution in [3.63, 3.8) is 0 Å². The van der Waals surface area contributed by atoms with Crippen molar-refractivity contribution >= 4 is 11.4 Å². The van der Waals surface area contributed by atoms with Crippen molar-refractivity contribution in [3.05, 3.63) is 18.2 Å². The number of benzene rings is 1. The van der Waals surface area contributed by atoms with Crippen LogP contribution in [-0.2, 0) is 0 Å². The summed E-state index contributed by atoms with van der Waals surface area (Å²) in [5, 5.41) is 0. The molecule has 80 valence electrons. The molecule has 0 spiro atoms. The minimum Gasteiger partial charge on any atom is -0.489 e. The van der Waals surface area contributed by atoms with Crippen molar-refractivity contribution in [1.29, 1.82) is 0 Å². The second-order valence-electron chi connectivity index (χ2n) is 4.38. The number of rotatable bonds is 0. The predicted octanol–water partition coefficient (Wildman–Crippen LogP) is 2.02. The first-order valence-electron chi connectivity index (χ1n) is 5.63. The Labute approximate surface area is 89.8 Å². The van der Waals surface area contributed by atoms with Crippen molar-refractivity contribution in [2.45, 2.75) is 25.3 Å². The quantitative estimate of drug-likeness (QED) is 0.657. The van der Waals surface area contributed by atoms with Crippen LogP contribution in [0.5, 0.6) is 5.75 Å². The number of ether oxygens (including phenoxy) is 1. The highest BCUT2D eigenvalue weighted by molar-refractivity contribution is 5.65. The number of hydrogen-bond donors (Lipinski definition) is 1. The first-order valence-corrected chi connectivity index (χ1v) is 5.63. The maximum atomic E-state index is 5.75. The highest BCUT2D eigenvalue weighted by Gasteiger charge is 2.29. The Kier molecular flexibility index (Phi) is 1.97. The maximum Gasteiger partial charge on any atom is 0.144 e. The van der Waals surface area contributed by atoms with Crippen molar-refractivity contribution in [3.8, 4) is 5.75 Å². The van der Waals surface area contributed by atoms with Gasteiger partial charge in [-0.3, -0.25) is 0 Å². The Morgan fingerprint density at radius 2 is 2.27 bits per heavy atom. The van der Waals surface area contributed by atoms with Crippen LogP contribution in [0.4, 0.5) is 11.4 Å². The molecule has 3 nitrogen and oxygen atoms in total. The van der Waals surface area contributed by atoms with Gasteiger partial charge in [-0.25, -0.2) is 0 Å². The summed E-state index contributed by atoms with van der Waals surface area (Å²) < 4.78 is 5.75. The van der Waals surface area contributed by atoms with E-state index in [9.17, 15) is 0 Å². The molecule has 0 radical (unpaired) electrons. The molecule has 0 aliphatic carbocycles. The van der Waals surface area contributed by atoms with Gasteiger partial charge in [0.2, 0.25) is 0 Å². The molecule has 0 bridgehead atoms. The van der Waals surface area contributed by atoms with E-state index in [1.165, 1.54) is 24.9 Å². The molecular weight excluding hydrogens is 188 g/mol. The fourth-order valence-corrected chi connectivity index (χ4v) is 2.56. The first kappa shape index (κ1) is 8.89. The van der Waals surface area contributed by atoms with Gasteiger partial charge in [-0.15, -0.1) is 0 Å². The maximum absolute atomic E-state index is 5.75. The summed E-state index contributed by atoms with van der Waals surface area (Å²) in [6.45, 7) is 1.97. The van der Waals surface area contributed by atoms with Crippen molar-refractivity contribution in [1.82, 2.24) is 0 Å². The minimum atomic E-state index is 0.579. The summed E-state index contributed by atoms with van der Waals surface area (Å²) in [5.74, 6) is 0.952. The average molecular weight is 204 g/mol. The summed E-state index contributed by atoms with van der Waals surface area (Å²) in [6.07, 6.45) is 3.87. The molecule has 0 amide bonds. The lowest BCUT2D eigenvalue weighted by molar-refractivity contribution is 0.240. The zero-order chi connectivity index (χ0) is 10.3. The van der Waals surface area contributed by atoms with Crippen LogP contribution < -0.4 is 15.4 Å². The molecule has 1 fully saturated rings. The van der Waals surface area contributed by atoms with Crippen molar-refractivity contribution < 1.29 is 4.74 Å². The van der Waals surface area contributed by atoms with E-state index in [1.54, 1.807) is 0 Å². The second kappa shape index (κ2) is 3.33. The lowest BCUT2D eigenvalue weighted by Gasteiger charge is -2.41. The van der Waals surface area contributed by atoms with Gasteiger partial charge in [0.25, 0.3) is 0 Å². The Morgan fingerprint density at radius 3 is 3.20 bits per heavy atom. The number of nitrogens with two attached hydrogens (primary N) is 1. The molecule has 1 unspecified atom stereocenters. The van der Waals surface area contributed by atoms with Crippen molar-refractivity contribution in [2.75, 3.05) is 23.8 Å². The van der Waals surface area contributed by atoms with Gasteiger partial charge in [0.05, 0.1) is 11.7 Å². The number of nitrogens with zero attached hydrogens (tertiary/aromatic N) is 1. The zero-order valence-electron chi connectivity index (χ0n) is 8.78. The van der Waals surface area contributed by atoms with Crippen LogP contribution in [-0.4, -0.2) is 19.2 Å². The van der Waals surface area contributed by atoms with E-state index in [0.29, 0.717) is 6.04 Å². The molecule has 1 saturated heterocycles. The predicted molar refractivity (Wildman–Crippen MR) is 61.3 cm³/mol. The van der Waals surface area contributed by atoms with Crippen LogP contribution >= 0.6 is 0 Å². The Hall–Kier alpha value is -1.38. The number of fused-ring (bicyclic) bond motifs is 3. The fourth-order valence-electron chi connectivity index (χ4n) is 2.56. The first-order chi connectivity index (χ1) is 7.34. The third kappa shape index (κ3) is 1.42. The smallest absolute Gasteiger partial charge is 0.144 e. The van der Waals surface area contributed by atoms with Crippen LogP contribution in [0.15, 0.2) is 18.2 Å². The summed E-state index contributed by atoms with van der Waals surface area (Å²) >= 11 is 0. The van der Waals surface area contributed by atoms with Crippen LogP contribution in [0.25, 0.3) is 0 Å². The van der Waals surface area contributed by atoms with Crippen LogP contribution in [0.2, 0.25) is 0 Å². The molecule has 1 atom stereocenters. The van der Waals surface area contributed by atoms with E-state index < -0.39 is 0 Å². The van der Waals surface area contributed by atoms with Gasteiger partial charge in [0.15, 0.2) is 0 Å². The number of anilines is 2. The van der Waals surface area contributed by atoms with E-state index >= 15 is 0 Å². The molecule has 3 rings (SSSR count).